The number of anilines is 1. The van der Waals surface area contributed by atoms with Crippen LogP contribution in [0, 0.1) is 5.92 Å². The number of hydrogen-bond acceptors (Lipinski definition) is 7. The SMILES string of the molecule is COCc1nc2n(n1)CC(Nc1cncc(OCC3CCCC3)n1)CC2. The summed E-state index contributed by atoms with van der Waals surface area (Å²) in [6, 6.07) is 0.249. The van der Waals surface area contributed by atoms with E-state index in [0.717, 1.165) is 43.5 Å². The lowest BCUT2D eigenvalue weighted by molar-refractivity contribution is 0.177. The number of rotatable bonds is 7. The first-order chi connectivity index (χ1) is 12.8. The van der Waals surface area contributed by atoms with Crippen LogP contribution in [0.2, 0.25) is 0 Å². The molecule has 1 aliphatic carbocycles. The second-order valence-electron chi connectivity index (χ2n) is 7.14. The lowest BCUT2D eigenvalue weighted by atomic mass is 10.1. The quantitative estimate of drug-likeness (QED) is 0.812. The summed E-state index contributed by atoms with van der Waals surface area (Å²) in [5, 5.41) is 7.96. The Labute approximate surface area is 153 Å². The van der Waals surface area contributed by atoms with Crippen molar-refractivity contribution in [1.82, 2.24) is 24.7 Å². The van der Waals surface area contributed by atoms with Gasteiger partial charge in [0.25, 0.3) is 0 Å². The summed E-state index contributed by atoms with van der Waals surface area (Å²) in [7, 11) is 1.66. The Bertz CT molecular complexity index is 728. The van der Waals surface area contributed by atoms with E-state index in [0.29, 0.717) is 18.4 Å². The molecule has 1 fully saturated rings. The Morgan fingerprint density at radius 1 is 1.19 bits per heavy atom. The molecule has 2 aliphatic rings. The summed E-state index contributed by atoms with van der Waals surface area (Å²) in [6.45, 7) is 1.96. The van der Waals surface area contributed by atoms with Crippen molar-refractivity contribution in [3.8, 4) is 5.88 Å². The van der Waals surface area contributed by atoms with E-state index in [-0.39, 0.29) is 6.04 Å². The number of aryl methyl sites for hydroxylation is 1. The average molecular weight is 358 g/mol. The van der Waals surface area contributed by atoms with Gasteiger partial charge in [0, 0.05) is 19.6 Å². The van der Waals surface area contributed by atoms with Crippen LogP contribution >= 0.6 is 0 Å². The van der Waals surface area contributed by atoms with Gasteiger partial charge in [-0.1, -0.05) is 12.8 Å². The number of hydrogen-bond donors (Lipinski definition) is 1. The Kier molecular flexibility index (Phi) is 5.29. The molecule has 3 heterocycles. The van der Waals surface area contributed by atoms with Crippen LogP contribution in [0.1, 0.15) is 43.8 Å². The largest absolute Gasteiger partial charge is 0.476 e. The van der Waals surface area contributed by atoms with Gasteiger partial charge in [-0.15, -0.1) is 0 Å². The molecule has 1 unspecified atom stereocenters. The summed E-state index contributed by atoms with van der Waals surface area (Å²) < 4.78 is 12.9. The summed E-state index contributed by atoms with van der Waals surface area (Å²) in [5.74, 6) is 3.78. The predicted molar refractivity (Wildman–Crippen MR) is 96.0 cm³/mol. The molecule has 0 spiro atoms. The number of aromatic nitrogens is 5. The molecule has 1 atom stereocenters. The third-order valence-electron chi connectivity index (χ3n) is 5.08. The molecule has 8 nitrogen and oxygen atoms in total. The zero-order valence-electron chi connectivity index (χ0n) is 15.2. The van der Waals surface area contributed by atoms with Gasteiger partial charge in [0.2, 0.25) is 5.88 Å². The van der Waals surface area contributed by atoms with E-state index in [9.17, 15) is 0 Å². The smallest absolute Gasteiger partial charge is 0.234 e. The molecule has 0 amide bonds. The first kappa shape index (κ1) is 17.2. The highest BCUT2D eigenvalue weighted by atomic mass is 16.5. The van der Waals surface area contributed by atoms with Crippen LogP contribution in [0.15, 0.2) is 12.4 Å². The maximum atomic E-state index is 5.85. The zero-order valence-corrected chi connectivity index (χ0v) is 15.2. The molecule has 2 aromatic rings. The normalized spacial score (nSPS) is 20.1. The van der Waals surface area contributed by atoms with E-state index in [2.05, 4.69) is 25.4 Å². The molecule has 4 rings (SSSR count). The van der Waals surface area contributed by atoms with Crippen LogP contribution in [0.25, 0.3) is 0 Å². The van der Waals surface area contributed by atoms with Crippen LogP contribution in [0.5, 0.6) is 5.88 Å². The van der Waals surface area contributed by atoms with Crippen LogP contribution < -0.4 is 10.1 Å². The van der Waals surface area contributed by atoms with E-state index in [4.69, 9.17) is 9.47 Å². The molecule has 26 heavy (non-hydrogen) atoms. The molecule has 0 bridgehead atoms. The monoisotopic (exact) mass is 358 g/mol. The number of fused-ring (bicyclic) bond motifs is 1. The molecular formula is C18H26N6O2. The second kappa shape index (κ2) is 7.99. The summed E-state index contributed by atoms with van der Waals surface area (Å²) in [6.07, 6.45) is 10.5. The number of nitrogens with one attached hydrogen (secondary N) is 1. The zero-order chi connectivity index (χ0) is 17.8. The van der Waals surface area contributed by atoms with Gasteiger partial charge in [0.15, 0.2) is 5.82 Å². The standard InChI is InChI=1S/C18H26N6O2/c1-25-12-16-21-17-7-6-14(10-24(17)23-16)20-15-8-19-9-18(22-15)26-11-13-4-2-3-5-13/h8-9,13-14H,2-7,10-12H2,1H3,(H,20,22). The third-order valence-corrected chi connectivity index (χ3v) is 5.08. The van der Waals surface area contributed by atoms with Crippen molar-refractivity contribution in [2.45, 2.75) is 57.7 Å². The van der Waals surface area contributed by atoms with Gasteiger partial charge in [-0.3, -0.25) is 4.98 Å². The van der Waals surface area contributed by atoms with E-state index in [1.165, 1.54) is 25.7 Å². The number of methoxy groups -OCH3 is 1. The highest BCUT2D eigenvalue weighted by Crippen LogP contribution is 2.25. The fourth-order valence-electron chi connectivity index (χ4n) is 3.75. The maximum Gasteiger partial charge on any atom is 0.234 e. The first-order valence-electron chi connectivity index (χ1n) is 9.43. The van der Waals surface area contributed by atoms with Crippen molar-refractivity contribution in [2.24, 2.45) is 5.92 Å². The van der Waals surface area contributed by atoms with Crippen LogP contribution in [-0.4, -0.2) is 44.5 Å². The Balaban J connectivity index is 1.34. The van der Waals surface area contributed by atoms with Crippen LogP contribution in [-0.2, 0) is 24.3 Å². The van der Waals surface area contributed by atoms with E-state index in [1.807, 2.05) is 4.68 Å². The van der Waals surface area contributed by atoms with Crippen molar-refractivity contribution in [3.05, 3.63) is 24.0 Å². The van der Waals surface area contributed by atoms with Gasteiger partial charge >= 0.3 is 0 Å². The van der Waals surface area contributed by atoms with Crippen molar-refractivity contribution in [1.29, 1.82) is 0 Å². The van der Waals surface area contributed by atoms with E-state index < -0.39 is 0 Å². The van der Waals surface area contributed by atoms with Crippen molar-refractivity contribution in [3.63, 3.8) is 0 Å². The Morgan fingerprint density at radius 3 is 2.92 bits per heavy atom. The fraction of sp³-hybridized carbons (Fsp3) is 0.667. The lowest BCUT2D eigenvalue weighted by Gasteiger charge is -2.24. The lowest BCUT2D eigenvalue weighted by Crippen LogP contribution is -2.32. The molecule has 0 aromatic carbocycles. The van der Waals surface area contributed by atoms with E-state index >= 15 is 0 Å². The summed E-state index contributed by atoms with van der Waals surface area (Å²) in [4.78, 5) is 13.3. The molecule has 2 aromatic heterocycles. The molecule has 0 saturated heterocycles. The van der Waals surface area contributed by atoms with Crippen molar-refractivity contribution < 1.29 is 9.47 Å². The third kappa shape index (κ3) is 4.12. The Morgan fingerprint density at radius 2 is 2.08 bits per heavy atom. The molecule has 0 radical (unpaired) electrons. The highest BCUT2D eigenvalue weighted by molar-refractivity contribution is 5.34. The van der Waals surface area contributed by atoms with E-state index in [1.54, 1.807) is 19.5 Å². The Hall–Kier alpha value is -2.22. The summed E-state index contributed by atoms with van der Waals surface area (Å²) in [5.41, 5.74) is 0. The molecule has 1 N–H and O–H groups in total. The fourth-order valence-corrected chi connectivity index (χ4v) is 3.75. The van der Waals surface area contributed by atoms with Crippen LogP contribution in [0.4, 0.5) is 5.82 Å². The minimum atomic E-state index is 0.249. The van der Waals surface area contributed by atoms with Gasteiger partial charge in [-0.05, 0) is 25.2 Å². The van der Waals surface area contributed by atoms with Gasteiger partial charge < -0.3 is 14.8 Å². The topological polar surface area (TPSA) is 87.0 Å². The van der Waals surface area contributed by atoms with Gasteiger partial charge in [-0.2, -0.15) is 10.1 Å². The second-order valence-corrected chi connectivity index (χ2v) is 7.14. The average Bonchev–Trinajstić information content (AvgIpc) is 3.29. The predicted octanol–water partition coefficient (Wildman–Crippen LogP) is 2.21. The van der Waals surface area contributed by atoms with Crippen molar-refractivity contribution in [2.75, 3.05) is 19.0 Å². The number of ether oxygens (including phenoxy) is 2. The molecule has 1 aliphatic heterocycles. The first-order valence-corrected chi connectivity index (χ1v) is 9.43. The summed E-state index contributed by atoms with van der Waals surface area (Å²) >= 11 is 0. The van der Waals surface area contributed by atoms with Crippen LogP contribution in [0.3, 0.4) is 0 Å². The minimum absolute atomic E-state index is 0.249. The highest BCUT2D eigenvalue weighted by Gasteiger charge is 2.22. The molecule has 140 valence electrons. The maximum absolute atomic E-state index is 5.85. The van der Waals surface area contributed by atoms with Gasteiger partial charge in [0.05, 0.1) is 25.5 Å². The van der Waals surface area contributed by atoms with Crippen molar-refractivity contribution >= 4 is 5.82 Å². The van der Waals surface area contributed by atoms with Gasteiger partial charge in [-0.25, -0.2) is 9.67 Å². The molecular weight excluding hydrogens is 332 g/mol. The molecule has 1 saturated carbocycles. The van der Waals surface area contributed by atoms with Gasteiger partial charge in [0.1, 0.15) is 18.2 Å². The number of nitrogens with zero attached hydrogens (tertiary/aromatic N) is 5. The molecule has 8 heteroatoms. The minimum Gasteiger partial charge on any atom is -0.476 e.